The van der Waals surface area contributed by atoms with Crippen LogP contribution in [-0.2, 0) is 4.74 Å². The van der Waals surface area contributed by atoms with Crippen molar-refractivity contribution in [3.63, 3.8) is 0 Å². The molecule has 1 fully saturated rings. The smallest absolute Gasteiger partial charge is 0.106 e. The van der Waals surface area contributed by atoms with Crippen LogP contribution in [-0.4, -0.2) is 30.8 Å². The summed E-state index contributed by atoms with van der Waals surface area (Å²) in [6, 6.07) is 6.25. The van der Waals surface area contributed by atoms with Crippen LogP contribution >= 0.6 is 12.2 Å². The predicted molar refractivity (Wildman–Crippen MR) is 74.7 cm³/mol. The summed E-state index contributed by atoms with van der Waals surface area (Å²) in [4.78, 5) is 2.75. The second kappa shape index (κ2) is 5.02. The summed E-state index contributed by atoms with van der Waals surface area (Å²) in [5, 5.41) is 0. The van der Waals surface area contributed by atoms with Gasteiger partial charge < -0.3 is 15.4 Å². The summed E-state index contributed by atoms with van der Waals surface area (Å²) in [5.74, 6) is 0. The van der Waals surface area contributed by atoms with Gasteiger partial charge in [0.2, 0.25) is 0 Å². The molecule has 1 aliphatic rings. The minimum atomic E-state index is 0.254. The molecule has 1 atom stereocenters. The Labute approximate surface area is 108 Å². The van der Waals surface area contributed by atoms with E-state index >= 15 is 0 Å². The number of nitrogens with two attached hydrogens (primary N) is 1. The van der Waals surface area contributed by atoms with Gasteiger partial charge in [-0.05, 0) is 26.0 Å². The number of hydrogen-bond donors (Lipinski definition) is 1. The lowest BCUT2D eigenvalue weighted by atomic mass is 10.1. The van der Waals surface area contributed by atoms with E-state index in [1.165, 1.54) is 5.56 Å². The number of aryl methyl sites for hydroxylation is 1. The first kappa shape index (κ1) is 12.3. The highest BCUT2D eigenvalue weighted by Crippen LogP contribution is 2.24. The molecule has 0 saturated carbocycles. The maximum atomic E-state index is 5.80. The predicted octanol–water partition coefficient (Wildman–Crippen LogP) is 1.85. The third-order valence-electron chi connectivity index (χ3n) is 3.00. The topological polar surface area (TPSA) is 38.5 Å². The monoisotopic (exact) mass is 250 g/mol. The SMILES string of the molecule is Cc1ccc(N2CCOC(C)C2)c(C(N)=S)c1. The first-order valence-electron chi connectivity index (χ1n) is 5.85. The second-order valence-electron chi connectivity index (χ2n) is 4.51. The van der Waals surface area contributed by atoms with Crippen molar-refractivity contribution in [2.45, 2.75) is 20.0 Å². The molecule has 0 aliphatic carbocycles. The lowest BCUT2D eigenvalue weighted by Crippen LogP contribution is -2.42. The van der Waals surface area contributed by atoms with Crippen LogP contribution < -0.4 is 10.6 Å². The zero-order valence-corrected chi connectivity index (χ0v) is 11.1. The first-order valence-corrected chi connectivity index (χ1v) is 6.26. The molecule has 2 rings (SSSR count). The minimum absolute atomic E-state index is 0.254. The maximum absolute atomic E-state index is 5.80. The normalized spacial score (nSPS) is 20.4. The zero-order valence-electron chi connectivity index (χ0n) is 10.3. The Morgan fingerprint density at radius 1 is 1.53 bits per heavy atom. The molecular weight excluding hydrogens is 232 g/mol. The maximum Gasteiger partial charge on any atom is 0.106 e. The van der Waals surface area contributed by atoms with E-state index in [2.05, 4.69) is 30.0 Å². The van der Waals surface area contributed by atoms with E-state index in [0.717, 1.165) is 30.9 Å². The molecule has 1 aromatic rings. The average Bonchev–Trinajstić information content (AvgIpc) is 2.28. The van der Waals surface area contributed by atoms with Crippen LogP contribution in [0, 0.1) is 6.92 Å². The Kier molecular flexibility index (Phi) is 3.64. The highest BCUT2D eigenvalue weighted by Gasteiger charge is 2.19. The molecule has 1 unspecified atom stereocenters. The van der Waals surface area contributed by atoms with Crippen molar-refractivity contribution in [1.82, 2.24) is 0 Å². The Hall–Kier alpha value is -1.13. The molecule has 1 saturated heterocycles. The van der Waals surface area contributed by atoms with Crippen molar-refractivity contribution < 1.29 is 4.74 Å². The Morgan fingerprint density at radius 2 is 2.29 bits per heavy atom. The number of rotatable bonds is 2. The van der Waals surface area contributed by atoms with E-state index in [9.17, 15) is 0 Å². The molecule has 0 radical (unpaired) electrons. The summed E-state index contributed by atoms with van der Waals surface area (Å²) in [6.45, 7) is 6.67. The van der Waals surface area contributed by atoms with E-state index in [4.69, 9.17) is 22.7 Å². The van der Waals surface area contributed by atoms with Gasteiger partial charge in [0.05, 0.1) is 12.7 Å². The first-order chi connectivity index (χ1) is 8.08. The fourth-order valence-electron chi connectivity index (χ4n) is 2.16. The quantitative estimate of drug-likeness (QED) is 0.813. The Morgan fingerprint density at radius 3 is 2.94 bits per heavy atom. The summed E-state index contributed by atoms with van der Waals surface area (Å²) in [7, 11) is 0. The molecule has 4 heteroatoms. The molecule has 0 aromatic heterocycles. The third kappa shape index (κ3) is 2.76. The van der Waals surface area contributed by atoms with Crippen molar-refractivity contribution in [2.24, 2.45) is 5.73 Å². The molecule has 2 N–H and O–H groups in total. The van der Waals surface area contributed by atoms with Crippen LogP contribution in [0.1, 0.15) is 18.1 Å². The molecule has 0 spiro atoms. The summed E-state index contributed by atoms with van der Waals surface area (Å²) in [6.07, 6.45) is 0.254. The summed E-state index contributed by atoms with van der Waals surface area (Å²) < 4.78 is 5.55. The number of nitrogens with zero attached hydrogens (tertiary/aromatic N) is 1. The van der Waals surface area contributed by atoms with Gasteiger partial charge in [-0.25, -0.2) is 0 Å². The van der Waals surface area contributed by atoms with Gasteiger partial charge in [-0.1, -0.05) is 23.8 Å². The number of ether oxygens (including phenoxy) is 1. The minimum Gasteiger partial charge on any atom is -0.389 e. The molecule has 0 amide bonds. The summed E-state index contributed by atoms with van der Waals surface area (Å²) >= 11 is 5.13. The number of thiocarbonyl (C=S) groups is 1. The van der Waals surface area contributed by atoms with Gasteiger partial charge in [0.1, 0.15) is 4.99 Å². The second-order valence-corrected chi connectivity index (χ2v) is 4.95. The Balaban J connectivity index is 2.33. The molecular formula is C13H18N2OS. The van der Waals surface area contributed by atoms with E-state index in [1.807, 2.05) is 6.92 Å². The molecule has 1 heterocycles. The zero-order chi connectivity index (χ0) is 12.4. The van der Waals surface area contributed by atoms with Gasteiger partial charge >= 0.3 is 0 Å². The van der Waals surface area contributed by atoms with Gasteiger partial charge in [-0.15, -0.1) is 0 Å². The highest BCUT2D eigenvalue weighted by atomic mass is 32.1. The number of benzene rings is 1. The Bertz CT molecular complexity index is 433. The fourth-order valence-corrected chi connectivity index (χ4v) is 2.32. The third-order valence-corrected chi connectivity index (χ3v) is 3.22. The van der Waals surface area contributed by atoms with E-state index in [0.29, 0.717) is 4.99 Å². The molecule has 0 bridgehead atoms. The van der Waals surface area contributed by atoms with Crippen molar-refractivity contribution >= 4 is 22.9 Å². The average molecular weight is 250 g/mol. The fraction of sp³-hybridized carbons (Fsp3) is 0.462. The molecule has 3 nitrogen and oxygen atoms in total. The largest absolute Gasteiger partial charge is 0.389 e. The van der Waals surface area contributed by atoms with Crippen LogP contribution in [0.2, 0.25) is 0 Å². The number of hydrogen-bond acceptors (Lipinski definition) is 3. The lowest BCUT2D eigenvalue weighted by molar-refractivity contribution is 0.0532. The van der Waals surface area contributed by atoms with E-state index < -0.39 is 0 Å². The standard InChI is InChI=1S/C13H18N2OS/c1-9-3-4-12(11(7-9)13(14)17)15-5-6-16-10(2)8-15/h3-4,7,10H,5-6,8H2,1-2H3,(H2,14,17). The van der Waals surface area contributed by atoms with Crippen LogP contribution in [0.15, 0.2) is 18.2 Å². The van der Waals surface area contributed by atoms with Crippen LogP contribution in [0.4, 0.5) is 5.69 Å². The lowest BCUT2D eigenvalue weighted by Gasteiger charge is -2.34. The number of morpholine rings is 1. The van der Waals surface area contributed by atoms with Crippen LogP contribution in [0.3, 0.4) is 0 Å². The number of anilines is 1. The van der Waals surface area contributed by atoms with Crippen molar-refractivity contribution in [1.29, 1.82) is 0 Å². The van der Waals surface area contributed by atoms with Crippen LogP contribution in [0.5, 0.6) is 0 Å². The molecule has 17 heavy (non-hydrogen) atoms. The van der Waals surface area contributed by atoms with Gasteiger partial charge in [0.25, 0.3) is 0 Å². The molecule has 92 valence electrons. The van der Waals surface area contributed by atoms with Gasteiger partial charge in [-0.3, -0.25) is 0 Å². The highest BCUT2D eigenvalue weighted by molar-refractivity contribution is 7.80. The van der Waals surface area contributed by atoms with Crippen molar-refractivity contribution in [2.75, 3.05) is 24.6 Å². The molecule has 1 aromatic carbocycles. The van der Waals surface area contributed by atoms with Gasteiger partial charge in [-0.2, -0.15) is 0 Å². The van der Waals surface area contributed by atoms with Crippen LogP contribution in [0.25, 0.3) is 0 Å². The summed E-state index contributed by atoms with van der Waals surface area (Å²) in [5.41, 5.74) is 9.07. The van der Waals surface area contributed by atoms with E-state index in [1.54, 1.807) is 0 Å². The molecule has 1 aliphatic heterocycles. The van der Waals surface area contributed by atoms with Crippen molar-refractivity contribution in [3.05, 3.63) is 29.3 Å². The van der Waals surface area contributed by atoms with Crippen molar-refractivity contribution in [3.8, 4) is 0 Å². The van der Waals surface area contributed by atoms with Gasteiger partial charge in [0.15, 0.2) is 0 Å². The van der Waals surface area contributed by atoms with E-state index in [-0.39, 0.29) is 6.10 Å². The van der Waals surface area contributed by atoms with Gasteiger partial charge in [0, 0.05) is 24.3 Å².